The van der Waals surface area contributed by atoms with Gasteiger partial charge < -0.3 is 15.5 Å². The molecule has 0 aliphatic carbocycles. The van der Waals surface area contributed by atoms with E-state index in [1.165, 1.54) is 0 Å². The summed E-state index contributed by atoms with van der Waals surface area (Å²) in [7, 11) is 1.85. The van der Waals surface area contributed by atoms with E-state index in [4.69, 9.17) is 0 Å². The second-order valence-corrected chi connectivity index (χ2v) is 3.25. The van der Waals surface area contributed by atoms with Crippen molar-refractivity contribution in [2.24, 2.45) is 0 Å². The number of hydrogen-bond donors (Lipinski definition) is 2. The zero-order valence-corrected chi connectivity index (χ0v) is 8.32. The highest BCUT2D eigenvalue weighted by molar-refractivity contribution is 5.43. The zero-order valence-electron chi connectivity index (χ0n) is 8.32. The number of nitrogens with zero attached hydrogens (tertiary/aromatic N) is 3. The first-order valence-electron chi connectivity index (χ1n) is 4.85. The molecule has 1 aromatic rings. The Labute approximate surface area is 83.5 Å². The number of piperazine rings is 1. The predicted molar refractivity (Wildman–Crippen MR) is 56.7 cm³/mol. The third kappa shape index (κ3) is 1.93. The van der Waals surface area contributed by atoms with Gasteiger partial charge in [0.25, 0.3) is 0 Å². The fourth-order valence-corrected chi connectivity index (χ4v) is 1.52. The highest BCUT2D eigenvalue weighted by atomic mass is 15.2. The van der Waals surface area contributed by atoms with E-state index in [9.17, 15) is 0 Å². The van der Waals surface area contributed by atoms with Crippen LogP contribution in [0.15, 0.2) is 12.4 Å². The SMILES string of the molecule is CNc1cncc(N2CCNCC2)n1. The van der Waals surface area contributed by atoms with Gasteiger partial charge in [0.05, 0.1) is 12.4 Å². The van der Waals surface area contributed by atoms with Gasteiger partial charge in [0.15, 0.2) is 0 Å². The van der Waals surface area contributed by atoms with Gasteiger partial charge in [-0.1, -0.05) is 0 Å². The Morgan fingerprint density at radius 3 is 2.86 bits per heavy atom. The van der Waals surface area contributed by atoms with E-state index < -0.39 is 0 Å². The fraction of sp³-hybridized carbons (Fsp3) is 0.556. The minimum Gasteiger partial charge on any atom is -0.372 e. The number of rotatable bonds is 2. The summed E-state index contributed by atoms with van der Waals surface area (Å²) in [6.45, 7) is 4.04. The molecule has 1 aromatic heterocycles. The van der Waals surface area contributed by atoms with Crippen LogP contribution in [0.4, 0.5) is 11.6 Å². The first-order chi connectivity index (χ1) is 6.90. The van der Waals surface area contributed by atoms with Crippen molar-refractivity contribution in [3.05, 3.63) is 12.4 Å². The molecule has 5 nitrogen and oxygen atoms in total. The van der Waals surface area contributed by atoms with E-state index in [0.29, 0.717) is 0 Å². The molecule has 0 atom stereocenters. The second-order valence-electron chi connectivity index (χ2n) is 3.25. The summed E-state index contributed by atoms with van der Waals surface area (Å²) < 4.78 is 0. The number of nitrogens with one attached hydrogen (secondary N) is 2. The van der Waals surface area contributed by atoms with Gasteiger partial charge in [-0.25, -0.2) is 4.98 Å². The monoisotopic (exact) mass is 193 g/mol. The molecular formula is C9H15N5. The Morgan fingerprint density at radius 2 is 2.14 bits per heavy atom. The Balaban J connectivity index is 2.13. The van der Waals surface area contributed by atoms with Crippen molar-refractivity contribution in [2.75, 3.05) is 43.4 Å². The quantitative estimate of drug-likeness (QED) is 0.688. The van der Waals surface area contributed by atoms with Crippen LogP contribution in [0.5, 0.6) is 0 Å². The lowest BCUT2D eigenvalue weighted by atomic mass is 10.3. The first kappa shape index (κ1) is 9.21. The Hall–Kier alpha value is -1.36. The molecule has 2 heterocycles. The maximum Gasteiger partial charge on any atom is 0.149 e. The lowest BCUT2D eigenvalue weighted by molar-refractivity contribution is 0.584. The predicted octanol–water partition coefficient (Wildman–Crippen LogP) is -0.0721. The van der Waals surface area contributed by atoms with Crippen LogP contribution < -0.4 is 15.5 Å². The summed E-state index contributed by atoms with van der Waals surface area (Å²) in [6, 6.07) is 0. The molecule has 0 saturated carbocycles. The van der Waals surface area contributed by atoms with Crippen LogP contribution in [-0.2, 0) is 0 Å². The van der Waals surface area contributed by atoms with Crippen LogP contribution in [0.25, 0.3) is 0 Å². The lowest BCUT2D eigenvalue weighted by Crippen LogP contribution is -2.43. The number of hydrogen-bond acceptors (Lipinski definition) is 5. The zero-order chi connectivity index (χ0) is 9.80. The number of aromatic nitrogens is 2. The average molecular weight is 193 g/mol. The molecule has 1 fully saturated rings. The van der Waals surface area contributed by atoms with Crippen molar-refractivity contribution in [1.29, 1.82) is 0 Å². The molecule has 0 aromatic carbocycles. The summed E-state index contributed by atoms with van der Waals surface area (Å²) in [6.07, 6.45) is 3.54. The molecule has 0 radical (unpaired) electrons. The molecule has 5 heteroatoms. The molecule has 76 valence electrons. The molecule has 1 saturated heterocycles. The van der Waals surface area contributed by atoms with Crippen molar-refractivity contribution >= 4 is 11.6 Å². The van der Waals surface area contributed by atoms with Crippen LogP contribution in [0.3, 0.4) is 0 Å². The molecule has 0 unspecified atom stereocenters. The Bertz CT molecular complexity index is 295. The second kappa shape index (κ2) is 4.23. The average Bonchev–Trinajstić information content (AvgIpc) is 2.30. The highest BCUT2D eigenvalue weighted by Gasteiger charge is 2.11. The van der Waals surface area contributed by atoms with E-state index in [-0.39, 0.29) is 0 Å². The normalized spacial score (nSPS) is 16.8. The van der Waals surface area contributed by atoms with Crippen molar-refractivity contribution in [2.45, 2.75) is 0 Å². The summed E-state index contributed by atoms with van der Waals surface area (Å²) in [5, 5.41) is 6.30. The molecule has 0 spiro atoms. The van der Waals surface area contributed by atoms with E-state index in [2.05, 4.69) is 25.5 Å². The van der Waals surface area contributed by atoms with Gasteiger partial charge in [-0.15, -0.1) is 0 Å². The molecule has 0 amide bonds. The number of anilines is 2. The van der Waals surface area contributed by atoms with Crippen molar-refractivity contribution in [1.82, 2.24) is 15.3 Å². The van der Waals surface area contributed by atoms with E-state index in [1.54, 1.807) is 6.20 Å². The lowest BCUT2D eigenvalue weighted by Gasteiger charge is -2.28. The molecule has 2 rings (SSSR count). The first-order valence-corrected chi connectivity index (χ1v) is 4.85. The molecule has 14 heavy (non-hydrogen) atoms. The smallest absolute Gasteiger partial charge is 0.149 e. The summed E-state index contributed by atoms with van der Waals surface area (Å²) >= 11 is 0. The summed E-state index contributed by atoms with van der Waals surface area (Å²) in [4.78, 5) is 10.8. The topological polar surface area (TPSA) is 53.1 Å². The third-order valence-corrected chi connectivity index (χ3v) is 2.32. The minimum atomic E-state index is 0.820. The van der Waals surface area contributed by atoms with Gasteiger partial charge in [0.1, 0.15) is 11.6 Å². The van der Waals surface area contributed by atoms with Crippen LogP contribution in [0.1, 0.15) is 0 Å². The van der Waals surface area contributed by atoms with Crippen LogP contribution >= 0.6 is 0 Å². The van der Waals surface area contributed by atoms with Crippen LogP contribution in [-0.4, -0.2) is 43.2 Å². The van der Waals surface area contributed by atoms with E-state index >= 15 is 0 Å². The van der Waals surface area contributed by atoms with Crippen LogP contribution in [0, 0.1) is 0 Å². The van der Waals surface area contributed by atoms with Gasteiger partial charge in [0.2, 0.25) is 0 Å². The maximum atomic E-state index is 4.44. The van der Waals surface area contributed by atoms with Gasteiger partial charge in [0, 0.05) is 33.2 Å². The van der Waals surface area contributed by atoms with Gasteiger partial charge in [-0.05, 0) is 0 Å². The molecule has 1 aliphatic heterocycles. The molecule has 0 bridgehead atoms. The van der Waals surface area contributed by atoms with Gasteiger partial charge in [-0.3, -0.25) is 4.98 Å². The highest BCUT2D eigenvalue weighted by Crippen LogP contribution is 2.12. The Morgan fingerprint density at radius 1 is 1.36 bits per heavy atom. The maximum absolute atomic E-state index is 4.44. The van der Waals surface area contributed by atoms with Crippen LogP contribution in [0.2, 0.25) is 0 Å². The van der Waals surface area contributed by atoms with Gasteiger partial charge >= 0.3 is 0 Å². The molecule has 2 N–H and O–H groups in total. The summed E-state index contributed by atoms with van der Waals surface area (Å²) in [5.41, 5.74) is 0. The van der Waals surface area contributed by atoms with Gasteiger partial charge in [-0.2, -0.15) is 0 Å². The van der Waals surface area contributed by atoms with E-state index in [0.717, 1.165) is 37.8 Å². The minimum absolute atomic E-state index is 0.820. The Kier molecular flexibility index (Phi) is 2.78. The third-order valence-electron chi connectivity index (χ3n) is 2.32. The standard InChI is InChI=1S/C9H15N5/c1-10-8-6-12-7-9(13-8)14-4-2-11-3-5-14/h6-7,11H,2-5H2,1H3,(H,10,13). The van der Waals surface area contributed by atoms with E-state index in [1.807, 2.05) is 13.2 Å². The largest absolute Gasteiger partial charge is 0.372 e. The fourth-order valence-electron chi connectivity index (χ4n) is 1.52. The van der Waals surface area contributed by atoms with Crippen molar-refractivity contribution in [3.8, 4) is 0 Å². The molecular weight excluding hydrogens is 178 g/mol. The van der Waals surface area contributed by atoms with Crippen molar-refractivity contribution < 1.29 is 0 Å². The van der Waals surface area contributed by atoms with Crippen molar-refractivity contribution in [3.63, 3.8) is 0 Å². The summed E-state index contributed by atoms with van der Waals surface area (Å²) in [5.74, 6) is 1.78. The molecule has 1 aliphatic rings.